The van der Waals surface area contributed by atoms with Gasteiger partial charge < -0.3 is 21.2 Å². The Balaban J connectivity index is 1.66. The molecule has 1 aliphatic heterocycles. The van der Waals surface area contributed by atoms with Gasteiger partial charge >= 0.3 is 5.69 Å². The number of anilines is 4. The molecule has 2 aromatic carbocycles. The summed E-state index contributed by atoms with van der Waals surface area (Å²) in [6, 6.07) is 12.4. The molecular formula is C16H20N5O3+. The van der Waals surface area contributed by atoms with E-state index in [2.05, 4.69) is 21.0 Å². The van der Waals surface area contributed by atoms with Gasteiger partial charge in [0.1, 0.15) is 6.10 Å². The normalized spacial score (nSPS) is 18.6. The van der Waals surface area contributed by atoms with Crippen molar-refractivity contribution in [3.8, 4) is 0 Å². The Bertz CT molecular complexity index is 735. The van der Waals surface area contributed by atoms with Crippen LogP contribution in [0.2, 0.25) is 0 Å². The van der Waals surface area contributed by atoms with Crippen LogP contribution < -0.4 is 21.9 Å². The van der Waals surface area contributed by atoms with Gasteiger partial charge in [0.05, 0.1) is 22.0 Å². The number of nitrogens with one attached hydrogen (secondary N) is 3. The van der Waals surface area contributed by atoms with Gasteiger partial charge in [0.25, 0.3) is 4.92 Å². The monoisotopic (exact) mass is 330 g/mol. The molecule has 2 aromatic rings. The van der Waals surface area contributed by atoms with Crippen molar-refractivity contribution in [3.63, 3.8) is 0 Å². The molecule has 0 radical (unpaired) electrons. The van der Waals surface area contributed by atoms with Crippen LogP contribution >= 0.6 is 0 Å². The zero-order valence-corrected chi connectivity index (χ0v) is 13.4. The number of hydrazine groups is 1. The van der Waals surface area contributed by atoms with Gasteiger partial charge in [-0.15, -0.1) is 0 Å². The molecule has 1 fully saturated rings. The summed E-state index contributed by atoms with van der Waals surface area (Å²) in [5.41, 5.74) is 15.6. The third kappa shape index (κ3) is 3.66. The summed E-state index contributed by atoms with van der Waals surface area (Å²) in [6.45, 7) is 2.00. The first kappa shape index (κ1) is 15.9. The van der Waals surface area contributed by atoms with Crippen LogP contribution in [0.5, 0.6) is 0 Å². The molecule has 0 bridgehead atoms. The van der Waals surface area contributed by atoms with E-state index in [-0.39, 0.29) is 12.3 Å². The van der Waals surface area contributed by atoms with Crippen molar-refractivity contribution in [2.24, 2.45) is 0 Å². The Hall–Kier alpha value is -3.00. The molecule has 0 amide bonds. The summed E-state index contributed by atoms with van der Waals surface area (Å²) >= 11 is 0. The van der Waals surface area contributed by atoms with Crippen LogP contribution in [0.25, 0.3) is 0 Å². The van der Waals surface area contributed by atoms with Gasteiger partial charge in [-0.3, -0.25) is 5.43 Å². The van der Waals surface area contributed by atoms with Crippen molar-refractivity contribution in [2.45, 2.75) is 19.3 Å². The molecule has 1 saturated heterocycles. The predicted octanol–water partition coefficient (Wildman–Crippen LogP) is 2.84. The quantitative estimate of drug-likeness (QED) is 0.351. The number of epoxide rings is 1. The van der Waals surface area contributed by atoms with E-state index in [1.807, 2.05) is 25.1 Å². The molecule has 5 N–H and O–H groups in total. The molecule has 2 atom stereocenters. The van der Waals surface area contributed by atoms with Gasteiger partial charge in [0, 0.05) is 17.8 Å². The summed E-state index contributed by atoms with van der Waals surface area (Å²) in [7, 11) is 1.32. The minimum atomic E-state index is 0.00344. The molecule has 1 heterocycles. The minimum absolute atomic E-state index is 0.00344. The average Bonchev–Trinajstić information content (AvgIpc) is 3.28. The van der Waals surface area contributed by atoms with Crippen LogP contribution in [-0.4, -0.2) is 24.4 Å². The number of benzene rings is 2. The van der Waals surface area contributed by atoms with E-state index in [9.17, 15) is 4.91 Å². The Morgan fingerprint density at radius 3 is 2.46 bits per heavy atom. The van der Waals surface area contributed by atoms with E-state index < -0.39 is 0 Å². The Morgan fingerprint density at radius 2 is 1.83 bits per heavy atom. The van der Waals surface area contributed by atoms with Crippen LogP contribution in [0.3, 0.4) is 0 Å². The highest BCUT2D eigenvalue weighted by Crippen LogP contribution is 2.30. The number of nitrogen functional groups attached to an aromatic ring is 1. The van der Waals surface area contributed by atoms with E-state index >= 15 is 0 Å². The van der Waals surface area contributed by atoms with Crippen molar-refractivity contribution in [1.82, 2.24) is 0 Å². The molecule has 0 saturated carbocycles. The first-order valence-corrected chi connectivity index (χ1v) is 7.52. The number of ether oxygens (including phenoxy) is 1. The summed E-state index contributed by atoms with van der Waals surface area (Å²) in [6.07, 6.45) is 0.194. The van der Waals surface area contributed by atoms with Gasteiger partial charge in [-0.1, -0.05) is 0 Å². The SMILES string of the molecule is CO[N+](=O)c1ccc(NNc2ccc(N)cc2NC2OC2C)cc1. The molecule has 1 aliphatic rings. The van der Waals surface area contributed by atoms with E-state index in [0.717, 1.165) is 17.1 Å². The van der Waals surface area contributed by atoms with Crippen molar-refractivity contribution in [2.75, 3.05) is 29.0 Å². The van der Waals surface area contributed by atoms with Crippen molar-refractivity contribution in [3.05, 3.63) is 47.4 Å². The van der Waals surface area contributed by atoms with Crippen molar-refractivity contribution >= 4 is 28.4 Å². The molecule has 2 unspecified atom stereocenters. The number of nitrogens with zero attached hydrogens (tertiary/aromatic N) is 1. The fraction of sp³-hybridized carbons (Fsp3) is 0.250. The summed E-state index contributed by atoms with van der Waals surface area (Å²) in [5, 5.41) is 3.27. The molecule has 0 aromatic heterocycles. The maximum atomic E-state index is 11.3. The Kier molecular flexibility index (Phi) is 4.39. The van der Waals surface area contributed by atoms with Crippen LogP contribution in [0.1, 0.15) is 6.92 Å². The zero-order valence-electron chi connectivity index (χ0n) is 13.4. The number of rotatable bonds is 7. The fourth-order valence-corrected chi connectivity index (χ4v) is 2.19. The molecule has 24 heavy (non-hydrogen) atoms. The average molecular weight is 330 g/mol. The zero-order chi connectivity index (χ0) is 17.1. The van der Waals surface area contributed by atoms with E-state index in [1.54, 1.807) is 24.3 Å². The third-order valence-electron chi connectivity index (χ3n) is 3.64. The lowest BCUT2D eigenvalue weighted by Gasteiger charge is -2.15. The first-order valence-electron chi connectivity index (χ1n) is 7.52. The molecule has 0 spiro atoms. The van der Waals surface area contributed by atoms with Crippen LogP contribution in [0, 0.1) is 4.91 Å². The molecule has 0 aliphatic carbocycles. The lowest BCUT2D eigenvalue weighted by Crippen LogP contribution is -2.13. The van der Waals surface area contributed by atoms with Gasteiger partial charge in [-0.05, 0) is 37.3 Å². The number of hydrogen-bond acceptors (Lipinski definition) is 7. The molecular weight excluding hydrogens is 310 g/mol. The van der Waals surface area contributed by atoms with E-state index in [4.69, 9.17) is 10.5 Å². The Morgan fingerprint density at radius 1 is 1.12 bits per heavy atom. The highest BCUT2D eigenvalue weighted by Gasteiger charge is 2.34. The second-order valence-corrected chi connectivity index (χ2v) is 5.45. The number of nitrogens with two attached hydrogens (primary N) is 1. The summed E-state index contributed by atoms with van der Waals surface area (Å²) in [4.78, 5) is 16.4. The minimum Gasteiger partial charge on any atom is -0.399 e. The Labute approximate surface area is 139 Å². The predicted molar refractivity (Wildman–Crippen MR) is 92.8 cm³/mol. The summed E-state index contributed by atoms with van der Waals surface area (Å²) in [5.74, 6) is 0. The maximum absolute atomic E-state index is 11.3. The molecule has 8 nitrogen and oxygen atoms in total. The highest BCUT2D eigenvalue weighted by atomic mass is 16.8. The van der Waals surface area contributed by atoms with Gasteiger partial charge in [0.15, 0.2) is 13.3 Å². The standard InChI is InChI=1S/C16H20N5O3/c1-10-16(24-10)18-15-9-11(17)3-8-14(15)20-19-12-4-6-13(7-5-12)21(22)23-2/h3-10,16,18-20H,17H2,1-2H3/q+1. The topological polar surface area (TPSA) is 104 Å². The van der Waals surface area contributed by atoms with Crippen LogP contribution in [0.4, 0.5) is 28.4 Å². The second kappa shape index (κ2) is 6.63. The molecule has 126 valence electrons. The lowest BCUT2D eigenvalue weighted by atomic mass is 10.2. The van der Waals surface area contributed by atoms with Gasteiger partial charge in [0.2, 0.25) is 0 Å². The molecule has 8 heteroatoms. The van der Waals surface area contributed by atoms with Crippen molar-refractivity contribution in [1.29, 1.82) is 0 Å². The maximum Gasteiger partial charge on any atom is 0.316 e. The lowest BCUT2D eigenvalue weighted by molar-refractivity contribution is -0.736. The molecule has 3 rings (SSSR count). The smallest absolute Gasteiger partial charge is 0.316 e. The van der Waals surface area contributed by atoms with Crippen LogP contribution in [0.15, 0.2) is 42.5 Å². The number of hydrogen-bond donors (Lipinski definition) is 4. The highest BCUT2D eigenvalue weighted by molar-refractivity contribution is 5.74. The van der Waals surface area contributed by atoms with Crippen LogP contribution in [-0.2, 0) is 9.57 Å². The van der Waals surface area contributed by atoms with Gasteiger partial charge in [-0.25, -0.2) is 4.84 Å². The fourth-order valence-electron chi connectivity index (χ4n) is 2.19. The third-order valence-corrected chi connectivity index (χ3v) is 3.64. The summed E-state index contributed by atoms with van der Waals surface area (Å²) < 4.78 is 5.38. The largest absolute Gasteiger partial charge is 0.399 e. The van der Waals surface area contributed by atoms with Gasteiger partial charge in [-0.2, -0.15) is 0 Å². The van der Waals surface area contributed by atoms with Crippen molar-refractivity contribution < 1.29 is 14.5 Å². The first-order chi connectivity index (χ1) is 11.6. The second-order valence-electron chi connectivity index (χ2n) is 5.45. The van der Waals surface area contributed by atoms with E-state index in [1.165, 1.54) is 7.11 Å². The van der Waals surface area contributed by atoms with E-state index in [0.29, 0.717) is 16.3 Å².